The molecule has 0 atom stereocenters. The molecule has 134 valence electrons. The van der Waals surface area contributed by atoms with Crippen molar-refractivity contribution in [1.82, 2.24) is 4.90 Å². The fraction of sp³-hybridized carbons (Fsp3) is 0.238. The molecule has 0 spiro atoms. The predicted octanol–water partition coefficient (Wildman–Crippen LogP) is 3.08. The van der Waals surface area contributed by atoms with E-state index in [-0.39, 0.29) is 11.9 Å². The Hall–Kier alpha value is -3.08. The number of hydrogen-bond acceptors (Lipinski definition) is 4. The fourth-order valence-electron chi connectivity index (χ4n) is 3.11. The zero-order valence-electron chi connectivity index (χ0n) is 14.9. The number of carbonyl (C=O) groups is 2. The van der Waals surface area contributed by atoms with Gasteiger partial charge in [0.25, 0.3) is 5.91 Å². The van der Waals surface area contributed by atoms with E-state index in [0.29, 0.717) is 18.7 Å². The number of carbonyl (C=O) groups excluding carboxylic acids is 2. The molecule has 2 aromatic carbocycles. The van der Waals surface area contributed by atoms with Crippen molar-refractivity contribution < 1.29 is 19.1 Å². The van der Waals surface area contributed by atoms with Gasteiger partial charge in [0.1, 0.15) is 5.75 Å². The average Bonchev–Trinajstić information content (AvgIpc) is 2.70. The molecule has 1 amide bonds. The molecule has 0 N–H and O–H groups in total. The molecule has 1 aliphatic rings. The van der Waals surface area contributed by atoms with Crippen LogP contribution in [0.3, 0.4) is 0 Å². The lowest BCUT2D eigenvalue weighted by Crippen LogP contribution is -2.36. The number of nitrogens with zero attached hydrogens (tertiary/aromatic N) is 1. The van der Waals surface area contributed by atoms with Crippen molar-refractivity contribution >= 4 is 18.0 Å². The van der Waals surface area contributed by atoms with E-state index in [2.05, 4.69) is 4.74 Å². The molecule has 2 aromatic rings. The molecule has 26 heavy (non-hydrogen) atoms. The van der Waals surface area contributed by atoms with E-state index < -0.39 is 0 Å². The zero-order chi connectivity index (χ0) is 18.5. The molecule has 1 heterocycles. The van der Waals surface area contributed by atoms with Crippen molar-refractivity contribution in [3.8, 4) is 5.75 Å². The highest BCUT2D eigenvalue weighted by Crippen LogP contribution is 2.25. The quantitative estimate of drug-likeness (QED) is 0.627. The molecule has 5 heteroatoms. The number of methoxy groups -OCH3 is 2. The second-order valence-corrected chi connectivity index (χ2v) is 6.05. The van der Waals surface area contributed by atoms with Crippen LogP contribution in [0.1, 0.15) is 27.0 Å². The summed E-state index contributed by atoms with van der Waals surface area (Å²) in [5.41, 5.74) is 3.91. The van der Waals surface area contributed by atoms with Gasteiger partial charge in [-0.15, -0.1) is 0 Å². The van der Waals surface area contributed by atoms with Gasteiger partial charge in [0.15, 0.2) is 0 Å². The Kier molecular flexibility index (Phi) is 5.37. The maximum Gasteiger partial charge on any atom is 0.330 e. The number of hydrogen-bond donors (Lipinski definition) is 0. The second kappa shape index (κ2) is 7.87. The minimum Gasteiger partial charge on any atom is -0.497 e. The minimum atomic E-state index is -0.380. The Morgan fingerprint density at radius 3 is 2.54 bits per heavy atom. The molecule has 0 fully saturated rings. The molecule has 0 bridgehead atoms. The molecule has 0 radical (unpaired) electrons. The molecule has 0 saturated heterocycles. The Balaban J connectivity index is 1.78. The van der Waals surface area contributed by atoms with Gasteiger partial charge in [-0.1, -0.05) is 18.2 Å². The molecule has 0 aromatic heterocycles. The summed E-state index contributed by atoms with van der Waals surface area (Å²) in [4.78, 5) is 25.9. The Labute approximate surface area is 152 Å². The van der Waals surface area contributed by atoms with Crippen LogP contribution in [0.4, 0.5) is 0 Å². The maximum atomic E-state index is 12.8. The first-order valence-corrected chi connectivity index (χ1v) is 8.42. The lowest BCUT2D eigenvalue weighted by Gasteiger charge is -2.30. The van der Waals surface area contributed by atoms with Crippen molar-refractivity contribution in [2.45, 2.75) is 13.0 Å². The number of rotatable bonds is 4. The summed E-state index contributed by atoms with van der Waals surface area (Å²) in [5.74, 6) is 0.358. The fourth-order valence-corrected chi connectivity index (χ4v) is 3.11. The van der Waals surface area contributed by atoms with Crippen molar-refractivity contribution in [3.05, 3.63) is 70.8 Å². The van der Waals surface area contributed by atoms with E-state index in [9.17, 15) is 9.59 Å². The summed E-state index contributed by atoms with van der Waals surface area (Å²) in [6.07, 6.45) is 3.94. The van der Waals surface area contributed by atoms with Crippen LogP contribution in [0.5, 0.6) is 5.75 Å². The first kappa shape index (κ1) is 17.7. The average molecular weight is 351 g/mol. The third-order valence-corrected chi connectivity index (χ3v) is 4.53. The van der Waals surface area contributed by atoms with Crippen LogP contribution in [-0.2, 0) is 22.5 Å². The number of ether oxygens (including phenoxy) is 2. The number of fused-ring (bicyclic) bond motifs is 1. The van der Waals surface area contributed by atoms with Crippen molar-refractivity contribution in [1.29, 1.82) is 0 Å². The van der Waals surface area contributed by atoms with Crippen molar-refractivity contribution in [2.24, 2.45) is 0 Å². The van der Waals surface area contributed by atoms with Gasteiger partial charge in [0.05, 0.1) is 14.2 Å². The van der Waals surface area contributed by atoms with E-state index in [1.54, 1.807) is 37.5 Å². The topological polar surface area (TPSA) is 55.8 Å². The second-order valence-electron chi connectivity index (χ2n) is 6.05. The van der Waals surface area contributed by atoms with Crippen LogP contribution in [0.15, 0.2) is 48.5 Å². The largest absolute Gasteiger partial charge is 0.497 e. The predicted molar refractivity (Wildman–Crippen MR) is 98.9 cm³/mol. The van der Waals surface area contributed by atoms with Gasteiger partial charge in [-0.3, -0.25) is 4.79 Å². The summed E-state index contributed by atoms with van der Waals surface area (Å²) in [7, 11) is 2.96. The molecule has 0 unspecified atom stereocenters. The van der Waals surface area contributed by atoms with Crippen LogP contribution in [-0.4, -0.2) is 37.5 Å². The van der Waals surface area contributed by atoms with Gasteiger partial charge < -0.3 is 14.4 Å². The zero-order valence-corrected chi connectivity index (χ0v) is 14.9. The van der Waals surface area contributed by atoms with Gasteiger partial charge in [-0.25, -0.2) is 4.79 Å². The van der Waals surface area contributed by atoms with E-state index >= 15 is 0 Å². The maximum absolute atomic E-state index is 12.8. The van der Waals surface area contributed by atoms with Crippen LogP contribution in [0, 0.1) is 0 Å². The summed E-state index contributed by atoms with van der Waals surface area (Å²) < 4.78 is 9.78. The number of amides is 1. The Morgan fingerprint density at radius 2 is 1.85 bits per heavy atom. The normalized spacial score (nSPS) is 13.4. The van der Waals surface area contributed by atoms with Crippen molar-refractivity contribution in [3.63, 3.8) is 0 Å². The summed E-state index contributed by atoms with van der Waals surface area (Å²) in [6, 6.07) is 13.1. The molecule has 3 rings (SSSR count). The first-order chi connectivity index (χ1) is 12.6. The monoisotopic (exact) mass is 351 g/mol. The van der Waals surface area contributed by atoms with Gasteiger partial charge in [-0.05, 0) is 53.5 Å². The SMILES string of the molecule is COC(=O)/C=C/c1cccc2c1CCN(C(=O)c1ccc(OC)cc1)C2. The standard InChI is InChI=1S/C21H21NO4/c1-25-18-9-6-16(7-10-18)21(24)22-13-12-19-15(8-11-20(23)26-2)4-3-5-17(19)14-22/h3-11H,12-14H2,1-2H3/b11-8+. The number of benzene rings is 2. The lowest BCUT2D eigenvalue weighted by atomic mass is 9.94. The van der Waals surface area contributed by atoms with E-state index in [0.717, 1.165) is 23.3 Å². The lowest BCUT2D eigenvalue weighted by molar-refractivity contribution is -0.134. The summed E-state index contributed by atoms with van der Waals surface area (Å²) >= 11 is 0. The Bertz CT molecular complexity index is 840. The van der Waals surface area contributed by atoms with Crippen LogP contribution in [0.2, 0.25) is 0 Å². The molecular weight excluding hydrogens is 330 g/mol. The molecule has 0 saturated carbocycles. The summed E-state index contributed by atoms with van der Waals surface area (Å²) in [5, 5.41) is 0. The van der Waals surface area contributed by atoms with Crippen molar-refractivity contribution in [2.75, 3.05) is 20.8 Å². The van der Waals surface area contributed by atoms with Gasteiger partial charge >= 0.3 is 5.97 Å². The number of esters is 1. The third kappa shape index (κ3) is 3.77. The van der Waals surface area contributed by atoms with E-state index in [1.165, 1.54) is 18.7 Å². The molecule has 1 aliphatic heterocycles. The van der Waals surface area contributed by atoms with Crippen LogP contribution < -0.4 is 4.74 Å². The first-order valence-electron chi connectivity index (χ1n) is 8.42. The van der Waals surface area contributed by atoms with E-state index in [4.69, 9.17) is 4.74 Å². The van der Waals surface area contributed by atoms with E-state index in [1.807, 2.05) is 23.1 Å². The van der Waals surface area contributed by atoms with Gasteiger partial charge in [-0.2, -0.15) is 0 Å². The minimum absolute atomic E-state index is 0.00816. The van der Waals surface area contributed by atoms with Crippen LogP contribution >= 0.6 is 0 Å². The molecule has 5 nitrogen and oxygen atoms in total. The van der Waals surface area contributed by atoms with Gasteiger partial charge in [0.2, 0.25) is 0 Å². The smallest absolute Gasteiger partial charge is 0.330 e. The highest BCUT2D eigenvalue weighted by molar-refractivity contribution is 5.94. The highest BCUT2D eigenvalue weighted by Gasteiger charge is 2.22. The highest BCUT2D eigenvalue weighted by atomic mass is 16.5. The molecule has 0 aliphatic carbocycles. The third-order valence-electron chi connectivity index (χ3n) is 4.53. The van der Waals surface area contributed by atoms with Gasteiger partial charge in [0, 0.05) is 24.7 Å². The molecular formula is C21H21NO4. The Morgan fingerprint density at radius 1 is 1.08 bits per heavy atom. The van der Waals surface area contributed by atoms with Crippen LogP contribution in [0.25, 0.3) is 6.08 Å². The summed E-state index contributed by atoms with van der Waals surface area (Å²) in [6.45, 7) is 1.20.